The van der Waals surface area contributed by atoms with Crippen LogP contribution in [-0.4, -0.2) is 43.3 Å². The SMILES string of the molecule is CC(NCC1CN(C(=O)OCc2ccccc2)CCO1)c1ccc(F)c(Cl)c1. The molecule has 3 rings (SSSR count). The molecule has 2 unspecified atom stereocenters. The Morgan fingerprint density at radius 2 is 2.14 bits per heavy atom. The van der Waals surface area contributed by atoms with E-state index in [1.54, 1.807) is 17.0 Å². The first-order valence-corrected chi connectivity index (χ1v) is 9.66. The Morgan fingerprint density at radius 3 is 2.89 bits per heavy atom. The third kappa shape index (κ3) is 5.67. The Hall–Kier alpha value is -2.15. The number of ether oxygens (including phenoxy) is 2. The summed E-state index contributed by atoms with van der Waals surface area (Å²) >= 11 is 5.85. The van der Waals surface area contributed by atoms with Crippen molar-refractivity contribution in [2.45, 2.75) is 25.7 Å². The lowest BCUT2D eigenvalue weighted by Crippen LogP contribution is -2.49. The van der Waals surface area contributed by atoms with E-state index in [0.29, 0.717) is 26.2 Å². The summed E-state index contributed by atoms with van der Waals surface area (Å²) in [5, 5.41) is 3.45. The Balaban J connectivity index is 1.46. The van der Waals surface area contributed by atoms with Crippen molar-refractivity contribution in [2.24, 2.45) is 0 Å². The topological polar surface area (TPSA) is 50.8 Å². The molecule has 0 saturated carbocycles. The highest BCUT2D eigenvalue weighted by molar-refractivity contribution is 6.30. The van der Waals surface area contributed by atoms with Gasteiger partial charge < -0.3 is 19.7 Å². The van der Waals surface area contributed by atoms with Gasteiger partial charge in [-0.15, -0.1) is 0 Å². The van der Waals surface area contributed by atoms with Gasteiger partial charge in [-0.05, 0) is 30.2 Å². The molecule has 150 valence electrons. The van der Waals surface area contributed by atoms with Crippen molar-refractivity contribution in [2.75, 3.05) is 26.2 Å². The summed E-state index contributed by atoms with van der Waals surface area (Å²) in [6, 6.07) is 14.2. The molecular formula is C21H24ClFN2O3. The number of nitrogens with one attached hydrogen (secondary N) is 1. The number of benzene rings is 2. The number of carbonyl (C=O) groups is 1. The molecule has 0 radical (unpaired) electrons. The second-order valence-corrected chi connectivity index (χ2v) is 7.19. The van der Waals surface area contributed by atoms with Gasteiger partial charge in [0.2, 0.25) is 0 Å². The molecule has 1 fully saturated rings. The Bertz CT molecular complexity index is 790. The number of nitrogens with zero attached hydrogens (tertiary/aromatic N) is 1. The molecule has 1 saturated heterocycles. The molecule has 1 amide bonds. The van der Waals surface area contributed by atoms with E-state index in [1.807, 2.05) is 37.3 Å². The quantitative estimate of drug-likeness (QED) is 0.782. The summed E-state index contributed by atoms with van der Waals surface area (Å²) in [4.78, 5) is 14.0. The van der Waals surface area contributed by atoms with Gasteiger partial charge in [-0.3, -0.25) is 0 Å². The predicted molar refractivity (Wildman–Crippen MR) is 106 cm³/mol. The normalized spacial score (nSPS) is 18.0. The standard InChI is InChI=1S/C21H24ClFN2O3/c1-15(17-7-8-20(23)19(22)11-17)24-12-18-13-25(9-10-27-18)21(26)28-14-16-5-3-2-4-6-16/h2-8,11,15,18,24H,9-10,12-14H2,1H3. The fourth-order valence-corrected chi connectivity index (χ4v) is 3.22. The third-order valence-corrected chi connectivity index (χ3v) is 4.99. The lowest BCUT2D eigenvalue weighted by Gasteiger charge is -2.33. The monoisotopic (exact) mass is 406 g/mol. The minimum atomic E-state index is -0.433. The van der Waals surface area contributed by atoms with E-state index in [1.165, 1.54) is 6.07 Å². The van der Waals surface area contributed by atoms with Crippen molar-refractivity contribution < 1.29 is 18.7 Å². The maximum atomic E-state index is 13.3. The average molecular weight is 407 g/mol. The second kappa shape index (κ2) is 9.87. The van der Waals surface area contributed by atoms with Crippen LogP contribution >= 0.6 is 11.6 Å². The third-order valence-electron chi connectivity index (χ3n) is 4.70. The molecule has 2 aromatic rings. The average Bonchev–Trinajstić information content (AvgIpc) is 2.73. The molecule has 28 heavy (non-hydrogen) atoms. The predicted octanol–water partition coefficient (Wildman–Crippen LogP) is 4.17. The van der Waals surface area contributed by atoms with Crippen LogP contribution < -0.4 is 5.32 Å². The zero-order chi connectivity index (χ0) is 19.9. The van der Waals surface area contributed by atoms with Crippen molar-refractivity contribution in [3.05, 3.63) is 70.5 Å². The second-order valence-electron chi connectivity index (χ2n) is 6.78. The highest BCUT2D eigenvalue weighted by Crippen LogP contribution is 2.21. The number of amides is 1. The number of morpholine rings is 1. The molecule has 1 aliphatic heterocycles. The maximum absolute atomic E-state index is 13.3. The Morgan fingerprint density at radius 1 is 1.36 bits per heavy atom. The van der Waals surface area contributed by atoms with Gasteiger partial charge in [0.05, 0.1) is 24.3 Å². The van der Waals surface area contributed by atoms with E-state index >= 15 is 0 Å². The number of halogens is 2. The van der Waals surface area contributed by atoms with Gasteiger partial charge in [0.25, 0.3) is 0 Å². The van der Waals surface area contributed by atoms with Crippen LogP contribution in [0.4, 0.5) is 9.18 Å². The molecule has 1 heterocycles. The Kier molecular flexibility index (Phi) is 7.25. The molecule has 0 spiro atoms. The molecule has 0 aromatic heterocycles. The van der Waals surface area contributed by atoms with Crippen LogP contribution in [-0.2, 0) is 16.1 Å². The van der Waals surface area contributed by atoms with Gasteiger partial charge >= 0.3 is 6.09 Å². The largest absolute Gasteiger partial charge is 0.445 e. The minimum absolute atomic E-state index is 0.0258. The van der Waals surface area contributed by atoms with Crippen molar-refractivity contribution >= 4 is 17.7 Å². The van der Waals surface area contributed by atoms with Crippen LogP contribution in [0.15, 0.2) is 48.5 Å². The van der Waals surface area contributed by atoms with Gasteiger partial charge in [0.15, 0.2) is 0 Å². The van der Waals surface area contributed by atoms with Crippen LogP contribution in [0, 0.1) is 5.82 Å². The number of rotatable bonds is 6. The summed E-state index contributed by atoms with van der Waals surface area (Å²) in [7, 11) is 0. The molecule has 0 aliphatic carbocycles. The zero-order valence-electron chi connectivity index (χ0n) is 15.7. The molecule has 2 aromatic carbocycles. The molecule has 0 bridgehead atoms. The van der Waals surface area contributed by atoms with Gasteiger partial charge in [0.1, 0.15) is 12.4 Å². The van der Waals surface area contributed by atoms with Crippen LogP contribution in [0.2, 0.25) is 5.02 Å². The van der Waals surface area contributed by atoms with E-state index in [-0.39, 0.29) is 29.9 Å². The number of carbonyl (C=O) groups excluding carboxylic acids is 1. The number of hydrogen-bond acceptors (Lipinski definition) is 4. The molecule has 5 nitrogen and oxygen atoms in total. The molecule has 1 N–H and O–H groups in total. The number of hydrogen-bond donors (Lipinski definition) is 1. The smallest absolute Gasteiger partial charge is 0.410 e. The van der Waals surface area contributed by atoms with E-state index in [0.717, 1.165) is 11.1 Å². The van der Waals surface area contributed by atoms with Crippen molar-refractivity contribution in [1.29, 1.82) is 0 Å². The van der Waals surface area contributed by atoms with E-state index in [9.17, 15) is 9.18 Å². The van der Waals surface area contributed by atoms with E-state index in [2.05, 4.69) is 5.32 Å². The first-order valence-electron chi connectivity index (χ1n) is 9.28. The molecule has 7 heteroatoms. The van der Waals surface area contributed by atoms with Gasteiger partial charge in [0, 0.05) is 19.1 Å². The maximum Gasteiger partial charge on any atom is 0.410 e. The van der Waals surface area contributed by atoms with Gasteiger partial charge in [-0.1, -0.05) is 48.0 Å². The van der Waals surface area contributed by atoms with Crippen LogP contribution in [0.3, 0.4) is 0 Å². The lowest BCUT2D eigenvalue weighted by molar-refractivity contribution is -0.0278. The van der Waals surface area contributed by atoms with Gasteiger partial charge in [-0.2, -0.15) is 0 Å². The molecular weight excluding hydrogens is 383 g/mol. The summed E-state index contributed by atoms with van der Waals surface area (Å²) in [6.45, 7) is 4.20. The molecule has 2 atom stereocenters. The zero-order valence-corrected chi connectivity index (χ0v) is 16.5. The first kappa shape index (κ1) is 20.6. The first-order chi connectivity index (χ1) is 13.5. The summed E-state index contributed by atoms with van der Waals surface area (Å²) < 4.78 is 24.5. The van der Waals surface area contributed by atoms with Crippen molar-refractivity contribution in [3.63, 3.8) is 0 Å². The van der Waals surface area contributed by atoms with Crippen LogP contribution in [0.5, 0.6) is 0 Å². The fourth-order valence-electron chi connectivity index (χ4n) is 3.03. The summed E-state index contributed by atoms with van der Waals surface area (Å²) in [5.41, 5.74) is 1.84. The van der Waals surface area contributed by atoms with Crippen LogP contribution in [0.1, 0.15) is 24.1 Å². The highest BCUT2D eigenvalue weighted by Gasteiger charge is 2.25. The van der Waals surface area contributed by atoms with Crippen LogP contribution in [0.25, 0.3) is 0 Å². The summed E-state index contributed by atoms with van der Waals surface area (Å²) in [6.07, 6.45) is -0.480. The van der Waals surface area contributed by atoms with Crippen molar-refractivity contribution in [3.8, 4) is 0 Å². The summed E-state index contributed by atoms with van der Waals surface area (Å²) in [5.74, 6) is -0.433. The minimum Gasteiger partial charge on any atom is -0.445 e. The van der Waals surface area contributed by atoms with Crippen molar-refractivity contribution in [1.82, 2.24) is 10.2 Å². The molecule has 1 aliphatic rings. The lowest BCUT2D eigenvalue weighted by atomic mass is 10.1. The highest BCUT2D eigenvalue weighted by atomic mass is 35.5. The van der Waals surface area contributed by atoms with Gasteiger partial charge in [-0.25, -0.2) is 9.18 Å². The van der Waals surface area contributed by atoms with E-state index < -0.39 is 5.82 Å². The van der Waals surface area contributed by atoms with E-state index in [4.69, 9.17) is 21.1 Å². The fraction of sp³-hybridized carbons (Fsp3) is 0.381. The Labute approximate surface area is 169 Å².